The molecule has 1 fully saturated rings. The van der Waals surface area contributed by atoms with Crippen molar-refractivity contribution in [2.24, 2.45) is 0 Å². The first kappa shape index (κ1) is 25.8. The smallest absolute Gasteiger partial charge is 0.414 e. The fourth-order valence-corrected chi connectivity index (χ4v) is 4.44. The summed E-state index contributed by atoms with van der Waals surface area (Å²) in [7, 11) is 0. The van der Waals surface area contributed by atoms with Crippen molar-refractivity contribution in [1.29, 1.82) is 0 Å². The van der Waals surface area contributed by atoms with Gasteiger partial charge in [0.2, 0.25) is 0 Å². The molecule has 0 aliphatic carbocycles. The maximum Gasteiger partial charge on any atom is 0.414 e. The molecule has 0 saturated carbocycles. The zero-order valence-corrected chi connectivity index (χ0v) is 21.6. The van der Waals surface area contributed by atoms with E-state index in [1.165, 1.54) is 23.0 Å². The minimum atomic E-state index is -0.506. The van der Waals surface area contributed by atoms with Gasteiger partial charge in [-0.25, -0.2) is 0 Å². The Morgan fingerprint density at radius 2 is 1.89 bits per heavy atom. The Hall–Kier alpha value is -3.33. The molecular weight excluding hydrogens is 458 g/mol. The highest BCUT2D eigenvalue weighted by Gasteiger charge is 2.28. The van der Waals surface area contributed by atoms with E-state index in [1.807, 2.05) is 12.1 Å². The van der Waals surface area contributed by atoms with Gasteiger partial charge < -0.3 is 24.5 Å². The highest BCUT2D eigenvalue weighted by molar-refractivity contribution is 5.49. The molecule has 1 aromatic heterocycles. The lowest BCUT2D eigenvalue weighted by Crippen LogP contribution is -2.46. The van der Waals surface area contributed by atoms with E-state index in [9.17, 15) is 10.1 Å². The van der Waals surface area contributed by atoms with Crippen molar-refractivity contribution in [2.45, 2.75) is 52.7 Å². The van der Waals surface area contributed by atoms with Crippen LogP contribution in [0.15, 0.2) is 53.8 Å². The van der Waals surface area contributed by atoms with Gasteiger partial charge in [-0.1, -0.05) is 23.3 Å². The van der Waals surface area contributed by atoms with Crippen molar-refractivity contribution in [1.82, 2.24) is 14.5 Å². The molecule has 1 atom stereocenters. The van der Waals surface area contributed by atoms with E-state index in [0.717, 1.165) is 51.3 Å². The maximum atomic E-state index is 10.9. The van der Waals surface area contributed by atoms with Crippen molar-refractivity contribution in [2.75, 3.05) is 44.2 Å². The zero-order chi connectivity index (χ0) is 25.5. The molecule has 0 bridgehead atoms. The van der Waals surface area contributed by atoms with Gasteiger partial charge in [0.25, 0.3) is 0 Å². The molecule has 2 aliphatic heterocycles. The van der Waals surface area contributed by atoms with E-state index < -0.39 is 4.92 Å². The minimum Gasteiger partial charge on any atom is -0.490 e. The summed E-state index contributed by atoms with van der Waals surface area (Å²) in [5.41, 5.74) is 4.06. The summed E-state index contributed by atoms with van der Waals surface area (Å²) >= 11 is 0. The van der Waals surface area contributed by atoms with Crippen LogP contribution in [0.1, 0.15) is 40.0 Å². The summed E-state index contributed by atoms with van der Waals surface area (Å²) < 4.78 is 13.4. The highest BCUT2D eigenvalue weighted by atomic mass is 16.6. The van der Waals surface area contributed by atoms with Crippen LogP contribution in [0.5, 0.6) is 11.8 Å². The second-order valence-electron chi connectivity index (χ2n) is 9.82. The molecule has 9 heteroatoms. The van der Waals surface area contributed by atoms with Crippen LogP contribution < -0.4 is 14.4 Å². The Balaban J connectivity index is 1.19. The Bertz CT molecular complexity index is 1080. The first-order chi connectivity index (χ1) is 17.4. The van der Waals surface area contributed by atoms with Crippen LogP contribution >= 0.6 is 0 Å². The van der Waals surface area contributed by atoms with Gasteiger partial charge in [-0.15, -0.1) is 0 Å². The predicted molar refractivity (Wildman–Crippen MR) is 141 cm³/mol. The van der Waals surface area contributed by atoms with E-state index in [2.05, 4.69) is 59.8 Å². The van der Waals surface area contributed by atoms with Gasteiger partial charge in [-0.05, 0) is 62.8 Å². The van der Waals surface area contributed by atoms with Gasteiger partial charge in [0, 0.05) is 56.4 Å². The monoisotopic (exact) mass is 495 g/mol. The van der Waals surface area contributed by atoms with E-state index in [1.54, 1.807) is 4.57 Å². The van der Waals surface area contributed by atoms with Crippen LogP contribution in [0, 0.1) is 10.1 Å². The number of anilines is 1. The molecule has 2 aromatic rings. The number of ether oxygens (including phenoxy) is 2. The van der Waals surface area contributed by atoms with Crippen molar-refractivity contribution >= 4 is 11.5 Å². The molecule has 0 spiro atoms. The number of fused-ring (bicyclic) bond motifs is 1. The third-order valence-corrected chi connectivity index (χ3v) is 6.68. The summed E-state index contributed by atoms with van der Waals surface area (Å²) in [6.07, 6.45) is 8.90. The van der Waals surface area contributed by atoms with Gasteiger partial charge in [0.1, 0.15) is 24.7 Å². The first-order valence-electron chi connectivity index (χ1n) is 12.7. The highest BCUT2D eigenvalue weighted by Crippen LogP contribution is 2.25. The van der Waals surface area contributed by atoms with Gasteiger partial charge in [-0.2, -0.15) is 0 Å². The second kappa shape index (κ2) is 12.1. The number of allylic oxidation sites excluding steroid dienone is 3. The number of nitro groups is 1. The number of aromatic nitrogens is 2. The lowest BCUT2D eigenvalue weighted by atomic mass is 10.1. The number of rotatable bonds is 10. The predicted octanol–water partition coefficient (Wildman–Crippen LogP) is 4.84. The number of nitrogens with zero attached hydrogens (tertiary/aromatic N) is 5. The molecule has 2 aliphatic rings. The van der Waals surface area contributed by atoms with Crippen LogP contribution in [0.25, 0.3) is 0 Å². The topological polar surface area (TPSA) is 85.9 Å². The molecule has 0 unspecified atom stereocenters. The molecule has 3 heterocycles. The zero-order valence-electron chi connectivity index (χ0n) is 21.6. The molecule has 9 nitrogen and oxygen atoms in total. The average molecular weight is 496 g/mol. The van der Waals surface area contributed by atoms with Crippen molar-refractivity contribution in [3.63, 3.8) is 0 Å². The molecule has 194 valence electrons. The molecular formula is C27H37N5O4. The Morgan fingerprint density at radius 1 is 1.14 bits per heavy atom. The third-order valence-electron chi connectivity index (χ3n) is 6.68. The Morgan fingerprint density at radius 3 is 2.58 bits per heavy atom. The quantitative estimate of drug-likeness (QED) is 0.265. The second-order valence-corrected chi connectivity index (χ2v) is 9.82. The van der Waals surface area contributed by atoms with Gasteiger partial charge >= 0.3 is 11.8 Å². The third kappa shape index (κ3) is 7.10. The van der Waals surface area contributed by atoms with Crippen molar-refractivity contribution in [3.05, 3.63) is 63.9 Å². The van der Waals surface area contributed by atoms with Crippen LogP contribution in [0.2, 0.25) is 0 Å². The largest absolute Gasteiger partial charge is 0.490 e. The fourth-order valence-electron chi connectivity index (χ4n) is 4.44. The summed E-state index contributed by atoms with van der Waals surface area (Å²) in [5.74, 6) is 0.597. The molecule has 0 N–H and O–H groups in total. The lowest BCUT2D eigenvalue weighted by Gasteiger charge is -2.35. The molecule has 1 aromatic carbocycles. The van der Waals surface area contributed by atoms with Gasteiger partial charge in [-0.3, -0.25) is 9.47 Å². The number of hydrogen-bond acceptors (Lipinski definition) is 7. The number of hydrogen-bond donors (Lipinski definition) is 0. The van der Waals surface area contributed by atoms with Crippen LogP contribution in [-0.4, -0.2) is 64.8 Å². The number of aryl methyl sites for hydroxylation is 1. The Labute approximate surface area is 213 Å². The molecule has 0 radical (unpaired) electrons. The van der Waals surface area contributed by atoms with Crippen molar-refractivity contribution in [3.8, 4) is 11.8 Å². The van der Waals surface area contributed by atoms with Crippen LogP contribution in [0.4, 0.5) is 11.5 Å². The minimum absolute atomic E-state index is 0.183. The molecule has 4 rings (SSSR count). The van der Waals surface area contributed by atoms with Crippen molar-refractivity contribution < 1.29 is 14.4 Å². The fraction of sp³-hybridized carbons (Fsp3) is 0.519. The summed E-state index contributed by atoms with van der Waals surface area (Å²) in [4.78, 5) is 19.3. The number of benzene rings is 1. The summed E-state index contributed by atoms with van der Waals surface area (Å²) in [6.45, 7) is 12.7. The lowest BCUT2D eigenvalue weighted by molar-refractivity contribution is -0.389. The summed E-state index contributed by atoms with van der Waals surface area (Å²) in [6, 6.07) is 8.49. The first-order valence-corrected chi connectivity index (χ1v) is 12.7. The SMILES string of the molecule is CC(C)=CCC/C(C)=C/CN1CCN(c2ccc(OC[C@H]3CCn4cc([N+](=O)[O-])nc4O3)cc2)CC1. The van der Waals surface area contributed by atoms with Crippen LogP contribution in [0.3, 0.4) is 0 Å². The number of piperazine rings is 1. The van der Waals surface area contributed by atoms with E-state index >= 15 is 0 Å². The average Bonchev–Trinajstić information content (AvgIpc) is 3.31. The molecule has 1 saturated heterocycles. The van der Waals surface area contributed by atoms with Gasteiger partial charge in [0.05, 0.1) is 0 Å². The van der Waals surface area contributed by atoms with E-state index in [-0.39, 0.29) is 17.9 Å². The molecule has 0 amide bonds. The van der Waals surface area contributed by atoms with Crippen LogP contribution in [-0.2, 0) is 6.54 Å². The van der Waals surface area contributed by atoms with E-state index in [4.69, 9.17) is 9.47 Å². The van der Waals surface area contributed by atoms with E-state index in [0.29, 0.717) is 19.6 Å². The summed E-state index contributed by atoms with van der Waals surface area (Å²) in [5, 5.41) is 10.9. The Kier molecular flexibility index (Phi) is 8.64. The molecule has 36 heavy (non-hydrogen) atoms. The maximum absolute atomic E-state index is 10.9. The van der Waals surface area contributed by atoms with Gasteiger partial charge in [0.15, 0.2) is 0 Å². The number of imidazole rings is 1. The standard InChI is InChI=1S/C27H37N5O4/c1-21(2)5-4-6-22(3)11-13-29-15-17-30(18-16-29)23-7-9-24(10-8-23)35-20-25-12-14-31-19-26(32(33)34)28-27(31)36-25/h5,7-11,19,25H,4,6,12-18,20H2,1-3H3/b22-11+/t25-/m1/s1. The normalized spacial score (nSPS) is 18.4.